The molecule has 1 amide bonds. The Balaban J connectivity index is 1.43. The first-order chi connectivity index (χ1) is 15.0. The molecule has 0 N–H and O–H groups in total. The van der Waals surface area contributed by atoms with Crippen molar-refractivity contribution >= 4 is 33.6 Å². The molecular weight excluding hydrogens is 454 g/mol. The van der Waals surface area contributed by atoms with Gasteiger partial charge in [-0.1, -0.05) is 45.8 Å². The fourth-order valence-corrected chi connectivity index (χ4v) is 3.84. The molecule has 1 aliphatic heterocycles. The van der Waals surface area contributed by atoms with Gasteiger partial charge in [0.25, 0.3) is 5.91 Å². The molecule has 0 atom stereocenters. The van der Waals surface area contributed by atoms with Crippen LogP contribution in [0.2, 0.25) is 0 Å². The molecular formula is C25H22BrN3O2. The Bertz CT molecular complexity index is 1130. The lowest BCUT2D eigenvalue weighted by molar-refractivity contribution is -0.126. The van der Waals surface area contributed by atoms with Gasteiger partial charge in [-0.2, -0.15) is 5.26 Å². The van der Waals surface area contributed by atoms with E-state index in [1.54, 1.807) is 11.0 Å². The zero-order chi connectivity index (χ0) is 21.8. The number of piperazine rings is 1. The van der Waals surface area contributed by atoms with E-state index in [1.165, 1.54) is 11.6 Å². The summed E-state index contributed by atoms with van der Waals surface area (Å²) in [5.74, 6) is 0.920. The summed E-state index contributed by atoms with van der Waals surface area (Å²) in [4.78, 5) is 16.9. The van der Waals surface area contributed by atoms with Crippen LogP contribution in [0.5, 0.6) is 0 Å². The average Bonchev–Trinajstić information content (AvgIpc) is 3.27. The molecule has 0 radical (unpaired) electrons. The molecule has 4 rings (SSSR count). The van der Waals surface area contributed by atoms with Gasteiger partial charge in [0, 0.05) is 48.0 Å². The second kappa shape index (κ2) is 9.23. The molecule has 1 aliphatic rings. The SMILES string of the molecule is Cc1ccc(N2CCN(C(=O)C(C#N)=Cc3ccc(-c4ccc(Br)cc4)o3)CC2)cc1. The third-order valence-corrected chi connectivity index (χ3v) is 5.89. The molecule has 0 unspecified atom stereocenters. The third-order valence-electron chi connectivity index (χ3n) is 5.36. The Labute approximate surface area is 190 Å². The minimum Gasteiger partial charge on any atom is -0.457 e. The molecule has 1 aromatic heterocycles. The van der Waals surface area contributed by atoms with Crippen LogP contribution in [0.25, 0.3) is 17.4 Å². The molecule has 0 spiro atoms. The Kier molecular flexibility index (Phi) is 6.24. The lowest BCUT2D eigenvalue weighted by atomic mass is 10.1. The van der Waals surface area contributed by atoms with Crippen molar-refractivity contribution in [2.45, 2.75) is 6.92 Å². The van der Waals surface area contributed by atoms with E-state index in [9.17, 15) is 10.1 Å². The van der Waals surface area contributed by atoms with Crippen LogP contribution in [-0.2, 0) is 4.79 Å². The van der Waals surface area contributed by atoms with Crippen molar-refractivity contribution in [3.63, 3.8) is 0 Å². The Morgan fingerprint density at radius 2 is 1.68 bits per heavy atom. The van der Waals surface area contributed by atoms with Gasteiger partial charge in [0.2, 0.25) is 0 Å². The van der Waals surface area contributed by atoms with E-state index in [0.29, 0.717) is 24.6 Å². The van der Waals surface area contributed by atoms with Crippen LogP contribution in [0.4, 0.5) is 5.69 Å². The Morgan fingerprint density at radius 3 is 2.32 bits per heavy atom. The lowest BCUT2D eigenvalue weighted by Crippen LogP contribution is -2.49. The Hall–Kier alpha value is -3.30. The maximum Gasteiger partial charge on any atom is 0.264 e. The summed E-state index contributed by atoms with van der Waals surface area (Å²) in [7, 11) is 0. The predicted molar refractivity (Wildman–Crippen MR) is 125 cm³/mol. The second-order valence-electron chi connectivity index (χ2n) is 7.49. The van der Waals surface area contributed by atoms with Gasteiger partial charge >= 0.3 is 0 Å². The molecule has 1 fully saturated rings. The summed E-state index contributed by atoms with van der Waals surface area (Å²) in [6.45, 7) is 4.70. The number of rotatable bonds is 4. The number of amides is 1. The number of furan rings is 1. The smallest absolute Gasteiger partial charge is 0.264 e. The molecule has 5 nitrogen and oxygen atoms in total. The summed E-state index contributed by atoms with van der Waals surface area (Å²) in [5.41, 5.74) is 3.40. The molecule has 1 saturated heterocycles. The van der Waals surface area contributed by atoms with Crippen LogP contribution in [0, 0.1) is 18.3 Å². The van der Waals surface area contributed by atoms with Crippen molar-refractivity contribution in [1.82, 2.24) is 4.90 Å². The average molecular weight is 476 g/mol. The van der Waals surface area contributed by atoms with Gasteiger partial charge in [0.15, 0.2) is 0 Å². The number of benzene rings is 2. The van der Waals surface area contributed by atoms with E-state index in [2.05, 4.69) is 52.0 Å². The van der Waals surface area contributed by atoms with Crippen molar-refractivity contribution in [3.05, 3.63) is 82.0 Å². The van der Waals surface area contributed by atoms with Gasteiger partial charge in [-0.15, -0.1) is 0 Å². The van der Waals surface area contributed by atoms with Gasteiger partial charge < -0.3 is 14.2 Å². The number of aryl methyl sites for hydroxylation is 1. The highest BCUT2D eigenvalue weighted by Gasteiger charge is 2.24. The van der Waals surface area contributed by atoms with Gasteiger partial charge in [0.1, 0.15) is 23.2 Å². The maximum atomic E-state index is 12.9. The predicted octanol–water partition coefficient (Wildman–Crippen LogP) is 5.27. The molecule has 0 saturated carbocycles. The largest absolute Gasteiger partial charge is 0.457 e. The number of anilines is 1. The molecule has 156 valence electrons. The minimum atomic E-state index is -0.257. The number of nitrogens with zero attached hydrogens (tertiary/aromatic N) is 3. The highest BCUT2D eigenvalue weighted by molar-refractivity contribution is 9.10. The highest BCUT2D eigenvalue weighted by atomic mass is 79.9. The van der Waals surface area contributed by atoms with E-state index in [1.807, 2.05) is 36.4 Å². The number of carbonyl (C=O) groups excluding carboxylic acids is 1. The molecule has 0 aliphatic carbocycles. The molecule has 2 aromatic carbocycles. The van der Waals surface area contributed by atoms with E-state index in [4.69, 9.17) is 4.42 Å². The normalized spacial score (nSPS) is 14.4. The first-order valence-electron chi connectivity index (χ1n) is 10.1. The van der Waals surface area contributed by atoms with Crippen LogP contribution in [-0.4, -0.2) is 37.0 Å². The summed E-state index contributed by atoms with van der Waals surface area (Å²) in [5, 5.41) is 9.58. The van der Waals surface area contributed by atoms with Gasteiger partial charge in [-0.05, 0) is 43.3 Å². The summed E-state index contributed by atoms with van der Waals surface area (Å²) in [6.07, 6.45) is 1.52. The van der Waals surface area contributed by atoms with Crippen molar-refractivity contribution in [2.75, 3.05) is 31.1 Å². The van der Waals surface area contributed by atoms with Gasteiger partial charge in [-0.3, -0.25) is 4.79 Å². The first-order valence-corrected chi connectivity index (χ1v) is 10.9. The maximum absolute atomic E-state index is 12.9. The molecule has 2 heterocycles. The van der Waals surface area contributed by atoms with E-state index < -0.39 is 0 Å². The molecule has 6 heteroatoms. The van der Waals surface area contributed by atoms with Crippen LogP contribution in [0.3, 0.4) is 0 Å². The third kappa shape index (κ3) is 4.89. The number of halogens is 1. The van der Waals surface area contributed by atoms with Crippen molar-refractivity contribution in [2.24, 2.45) is 0 Å². The van der Waals surface area contributed by atoms with Gasteiger partial charge in [-0.25, -0.2) is 0 Å². The molecule has 0 bridgehead atoms. The van der Waals surface area contributed by atoms with Crippen molar-refractivity contribution in [1.29, 1.82) is 5.26 Å². The first kappa shape index (κ1) is 21.0. The minimum absolute atomic E-state index is 0.0838. The summed E-state index contributed by atoms with van der Waals surface area (Å²) >= 11 is 3.42. The topological polar surface area (TPSA) is 60.5 Å². The Morgan fingerprint density at radius 1 is 1.00 bits per heavy atom. The number of hydrogen-bond donors (Lipinski definition) is 0. The van der Waals surface area contributed by atoms with Crippen LogP contribution >= 0.6 is 15.9 Å². The second-order valence-corrected chi connectivity index (χ2v) is 8.41. The number of hydrogen-bond acceptors (Lipinski definition) is 4. The standard InChI is InChI=1S/C25H22BrN3O2/c1-18-2-8-22(9-3-18)28-12-14-29(15-13-28)25(30)20(17-27)16-23-10-11-24(31-23)19-4-6-21(26)7-5-19/h2-11,16H,12-15H2,1H3. The zero-order valence-electron chi connectivity index (χ0n) is 17.2. The van der Waals surface area contributed by atoms with Crippen LogP contribution in [0.1, 0.15) is 11.3 Å². The highest BCUT2D eigenvalue weighted by Crippen LogP contribution is 2.25. The molecule has 3 aromatic rings. The molecule has 31 heavy (non-hydrogen) atoms. The summed E-state index contributed by atoms with van der Waals surface area (Å²) < 4.78 is 6.83. The summed E-state index contributed by atoms with van der Waals surface area (Å²) in [6, 6.07) is 21.8. The fraction of sp³-hybridized carbons (Fsp3) is 0.200. The van der Waals surface area contributed by atoms with Crippen LogP contribution < -0.4 is 4.90 Å². The van der Waals surface area contributed by atoms with Crippen molar-refractivity contribution < 1.29 is 9.21 Å². The lowest BCUT2D eigenvalue weighted by Gasteiger charge is -2.36. The van der Waals surface area contributed by atoms with Crippen LogP contribution in [0.15, 0.2) is 75.1 Å². The van der Waals surface area contributed by atoms with Crippen molar-refractivity contribution in [3.8, 4) is 17.4 Å². The quantitative estimate of drug-likeness (QED) is 0.380. The van der Waals surface area contributed by atoms with E-state index in [-0.39, 0.29) is 11.5 Å². The fourth-order valence-electron chi connectivity index (χ4n) is 3.58. The van der Waals surface area contributed by atoms with E-state index in [0.717, 1.165) is 28.8 Å². The van der Waals surface area contributed by atoms with Gasteiger partial charge in [0.05, 0.1) is 0 Å². The number of nitriles is 1. The monoisotopic (exact) mass is 475 g/mol. The zero-order valence-corrected chi connectivity index (χ0v) is 18.8. The number of carbonyl (C=O) groups is 1. The van der Waals surface area contributed by atoms with E-state index >= 15 is 0 Å².